The van der Waals surface area contributed by atoms with Gasteiger partial charge in [0.15, 0.2) is 6.29 Å². The van der Waals surface area contributed by atoms with E-state index >= 15 is 0 Å². The highest BCUT2D eigenvalue weighted by Gasteiger charge is 2.44. The number of carbonyl (C=O) groups is 1. The van der Waals surface area contributed by atoms with Crippen LogP contribution in [0.2, 0.25) is 0 Å². The van der Waals surface area contributed by atoms with Crippen molar-refractivity contribution in [1.29, 1.82) is 0 Å². The number of unbranched alkanes of at least 4 members (excludes halogenated alkanes) is 48. The van der Waals surface area contributed by atoms with Gasteiger partial charge in [-0.25, -0.2) is 0 Å². The summed E-state index contributed by atoms with van der Waals surface area (Å²) in [4.78, 5) is 13.1. The zero-order valence-electron chi connectivity index (χ0n) is 50.5. The summed E-state index contributed by atoms with van der Waals surface area (Å²) < 4.78 is 11.4. The minimum absolute atomic E-state index is 0.133. The van der Waals surface area contributed by atoms with Crippen LogP contribution in [0.4, 0.5) is 0 Å². The van der Waals surface area contributed by atoms with Crippen molar-refractivity contribution in [3.8, 4) is 0 Å². The van der Waals surface area contributed by atoms with Crippen LogP contribution in [0.1, 0.15) is 354 Å². The maximum absolute atomic E-state index is 13.1. The maximum atomic E-state index is 13.1. The van der Waals surface area contributed by atoms with Crippen molar-refractivity contribution < 1.29 is 39.8 Å². The zero-order valence-corrected chi connectivity index (χ0v) is 50.5. The average Bonchev–Trinajstić information content (AvgIpc) is 3.42. The highest BCUT2D eigenvalue weighted by molar-refractivity contribution is 5.76. The lowest BCUT2D eigenvalue weighted by Gasteiger charge is -2.40. The van der Waals surface area contributed by atoms with Gasteiger partial charge in [-0.3, -0.25) is 4.79 Å². The standard InChI is InChI=1S/C67H131NO8/c1-3-5-7-9-11-13-15-17-19-21-23-25-27-29-30-31-33-35-37-39-41-43-45-47-49-51-53-55-57-63(71)68-60(59-75-67-66(74)65(73)64(72)62(58-69)76-67)61(70)56-54-52-50-48-46-44-42-40-38-36-34-32-28-26-24-22-20-18-16-14-12-10-8-6-4-2/h29-30,60-62,64-67,69-70,72-74H,3-28,31-59H2,1-2H3,(H,68,71)/b30-29-. The van der Waals surface area contributed by atoms with Gasteiger partial charge in [-0.2, -0.15) is 0 Å². The van der Waals surface area contributed by atoms with E-state index in [-0.39, 0.29) is 12.5 Å². The van der Waals surface area contributed by atoms with Gasteiger partial charge in [0, 0.05) is 6.42 Å². The SMILES string of the molecule is CCCCCCCCCCCCCC/C=C\CCCCCCCCCCCCCCC(=O)NC(COC1OC(CO)C(O)C(O)C1O)C(O)CCCCCCCCCCCCCCCCCCCCCCCCCCC. The Morgan fingerprint density at radius 3 is 1.07 bits per heavy atom. The van der Waals surface area contributed by atoms with E-state index in [1.807, 2.05) is 0 Å². The second kappa shape index (κ2) is 57.2. The predicted molar refractivity (Wildman–Crippen MR) is 323 cm³/mol. The number of carbonyl (C=O) groups excluding carboxylic acids is 1. The van der Waals surface area contributed by atoms with Gasteiger partial charge in [-0.1, -0.05) is 321 Å². The van der Waals surface area contributed by atoms with Gasteiger partial charge in [-0.05, 0) is 38.5 Å². The van der Waals surface area contributed by atoms with E-state index in [1.54, 1.807) is 0 Å². The quantitative estimate of drug-likeness (QED) is 0.0261. The molecule has 0 aromatic heterocycles. The van der Waals surface area contributed by atoms with E-state index in [9.17, 15) is 30.3 Å². The van der Waals surface area contributed by atoms with E-state index in [0.717, 1.165) is 38.5 Å². The number of rotatable bonds is 60. The molecule has 1 saturated heterocycles. The molecular weight excluding hydrogens is 947 g/mol. The van der Waals surface area contributed by atoms with Crippen LogP contribution in [0.5, 0.6) is 0 Å². The first-order valence-corrected chi connectivity index (χ1v) is 33.9. The number of nitrogens with one attached hydrogen (secondary N) is 1. The molecule has 7 atom stereocenters. The van der Waals surface area contributed by atoms with Gasteiger partial charge in [0.05, 0.1) is 25.4 Å². The molecule has 1 rings (SSSR count). The topological polar surface area (TPSA) is 149 Å². The summed E-state index contributed by atoms with van der Waals surface area (Å²) in [5.41, 5.74) is 0. The third kappa shape index (κ3) is 45.6. The largest absolute Gasteiger partial charge is 0.394 e. The lowest BCUT2D eigenvalue weighted by Crippen LogP contribution is -2.60. The summed E-state index contributed by atoms with van der Waals surface area (Å²) in [5, 5.41) is 54.9. The van der Waals surface area contributed by atoms with Crippen LogP contribution in [-0.2, 0) is 14.3 Å². The highest BCUT2D eigenvalue weighted by Crippen LogP contribution is 2.24. The molecule has 0 aliphatic carbocycles. The van der Waals surface area contributed by atoms with Crippen LogP contribution < -0.4 is 5.32 Å². The van der Waals surface area contributed by atoms with Gasteiger partial charge >= 0.3 is 0 Å². The number of hydrogen-bond acceptors (Lipinski definition) is 8. The Balaban J connectivity index is 2.12. The van der Waals surface area contributed by atoms with E-state index < -0.39 is 49.5 Å². The van der Waals surface area contributed by atoms with E-state index in [0.29, 0.717) is 12.8 Å². The van der Waals surface area contributed by atoms with E-state index in [2.05, 4.69) is 31.3 Å². The third-order valence-electron chi connectivity index (χ3n) is 16.6. The van der Waals surface area contributed by atoms with Crippen LogP contribution in [0.25, 0.3) is 0 Å². The van der Waals surface area contributed by atoms with Gasteiger partial charge in [0.1, 0.15) is 24.4 Å². The molecule has 1 heterocycles. The van der Waals surface area contributed by atoms with Crippen molar-refractivity contribution in [2.45, 2.75) is 397 Å². The Hall–Kier alpha value is -1.07. The summed E-state index contributed by atoms with van der Waals surface area (Å²) >= 11 is 0. The molecule has 1 fully saturated rings. The number of hydrogen-bond donors (Lipinski definition) is 6. The molecule has 0 saturated carbocycles. The molecular formula is C67H131NO8. The molecule has 452 valence electrons. The van der Waals surface area contributed by atoms with Crippen molar-refractivity contribution in [1.82, 2.24) is 5.32 Å². The molecule has 7 unspecified atom stereocenters. The summed E-state index contributed by atoms with van der Waals surface area (Å²) in [6.45, 7) is 3.90. The fourth-order valence-corrected chi connectivity index (χ4v) is 11.3. The summed E-state index contributed by atoms with van der Waals surface area (Å²) in [5.74, 6) is -0.137. The molecule has 1 aliphatic heterocycles. The second-order valence-electron chi connectivity index (χ2n) is 24.0. The molecule has 9 heteroatoms. The first kappa shape index (κ1) is 72.9. The van der Waals surface area contributed by atoms with Crippen molar-refractivity contribution in [2.75, 3.05) is 13.2 Å². The Bertz CT molecular complexity index is 1200. The van der Waals surface area contributed by atoms with Crippen molar-refractivity contribution in [3.63, 3.8) is 0 Å². The highest BCUT2D eigenvalue weighted by atomic mass is 16.7. The summed E-state index contributed by atoms with van der Waals surface area (Å²) in [6.07, 6.45) is 65.6. The molecule has 76 heavy (non-hydrogen) atoms. The lowest BCUT2D eigenvalue weighted by molar-refractivity contribution is -0.302. The Kier molecular flexibility index (Phi) is 54.9. The zero-order chi connectivity index (χ0) is 55.0. The molecule has 1 amide bonds. The van der Waals surface area contributed by atoms with Crippen LogP contribution in [-0.4, -0.2) is 87.5 Å². The monoisotopic (exact) mass is 1080 g/mol. The van der Waals surface area contributed by atoms with Crippen LogP contribution in [0.15, 0.2) is 12.2 Å². The number of allylic oxidation sites excluding steroid dienone is 2. The fraction of sp³-hybridized carbons (Fsp3) is 0.955. The van der Waals surface area contributed by atoms with E-state index in [1.165, 1.54) is 289 Å². The fourth-order valence-electron chi connectivity index (χ4n) is 11.3. The molecule has 1 aliphatic rings. The Labute approximate surface area is 471 Å². The van der Waals surface area contributed by atoms with Gasteiger partial charge < -0.3 is 40.3 Å². The molecule has 0 bridgehead atoms. The molecule has 0 spiro atoms. The van der Waals surface area contributed by atoms with Gasteiger partial charge in [-0.15, -0.1) is 0 Å². The van der Waals surface area contributed by atoms with Crippen molar-refractivity contribution in [3.05, 3.63) is 12.2 Å². The molecule has 0 aromatic rings. The number of aliphatic hydroxyl groups is 5. The van der Waals surface area contributed by atoms with Gasteiger partial charge in [0.2, 0.25) is 5.91 Å². The van der Waals surface area contributed by atoms with Crippen molar-refractivity contribution in [2.24, 2.45) is 0 Å². The third-order valence-corrected chi connectivity index (χ3v) is 16.6. The molecule has 6 N–H and O–H groups in total. The normalized spacial score (nSPS) is 18.8. The lowest BCUT2D eigenvalue weighted by atomic mass is 9.99. The summed E-state index contributed by atoms with van der Waals surface area (Å²) in [7, 11) is 0. The predicted octanol–water partition coefficient (Wildman–Crippen LogP) is 17.9. The first-order chi connectivity index (χ1) is 37.3. The second-order valence-corrected chi connectivity index (χ2v) is 24.0. The minimum Gasteiger partial charge on any atom is -0.394 e. The molecule has 0 aromatic carbocycles. The number of ether oxygens (including phenoxy) is 2. The van der Waals surface area contributed by atoms with Gasteiger partial charge in [0.25, 0.3) is 0 Å². The van der Waals surface area contributed by atoms with Crippen LogP contribution >= 0.6 is 0 Å². The van der Waals surface area contributed by atoms with E-state index in [4.69, 9.17) is 9.47 Å². The Morgan fingerprint density at radius 2 is 0.737 bits per heavy atom. The smallest absolute Gasteiger partial charge is 0.220 e. The molecule has 9 nitrogen and oxygen atoms in total. The maximum Gasteiger partial charge on any atom is 0.220 e. The molecule has 0 radical (unpaired) electrons. The van der Waals surface area contributed by atoms with Crippen LogP contribution in [0, 0.1) is 0 Å². The number of aliphatic hydroxyl groups excluding tert-OH is 5. The number of amides is 1. The summed E-state index contributed by atoms with van der Waals surface area (Å²) in [6, 6.07) is -0.718. The minimum atomic E-state index is -1.55. The van der Waals surface area contributed by atoms with Crippen molar-refractivity contribution >= 4 is 5.91 Å². The first-order valence-electron chi connectivity index (χ1n) is 33.9. The van der Waals surface area contributed by atoms with Crippen LogP contribution in [0.3, 0.4) is 0 Å². The Morgan fingerprint density at radius 1 is 0.434 bits per heavy atom. The average molecular weight is 1080 g/mol.